The molecular formula is C9H16O4Si. The molecule has 0 aromatic heterocycles. The van der Waals surface area contributed by atoms with E-state index in [1.54, 1.807) is 0 Å². The fourth-order valence-corrected chi connectivity index (χ4v) is 1.92. The minimum Gasteiger partial charge on any atom is -0.522 e. The maximum Gasteiger partial charge on any atom is 0.330 e. The van der Waals surface area contributed by atoms with Crippen molar-refractivity contribution < 1.29 is 18.8 Å². The molecule has 5 heteroatoms. The van der Waals surface area contributed by atoms with Crippen LogP contribution in [0.25, 0.3) is 0 Å². The zero-order chi connectivity index (χ0) is 10.8. The highest BCUT2D eigenvalue weighted by atomic mass is 28.2. The highest BCUT2D eigenvalue weighted by Gasteiger charge is 1.98. The first-order valence-corrected chi connectivity index (χ1v) is 6.21. The van der Waals surface area contributed by atoms with Crippen molar-refractivity contribution in [2.75, 3.05) is 7.11 Å². The quantitative estimate of drug-likeness (QED) is 0.282. The molecule has 0 aliphatic heterocycles. The summed E-state index contributed by atoms with van der Waals surface area (Å²) in [5.41, 5.74) is 0. The average molecular weight is 216 g/mol. The molecule has 0 aliphatic rings. The molecule has 0 aliphatic carbocycles. The van der Waals surface area contributed by atoms with Crippen molar-refractivity contribution >= 4 is 21.7 Å². The van der Waals surface area contributed by atoms with Gasteiger partial charge in [0, 0.05) is 12.2 Å². The third-order valence-corrected chi connectivity index (χ3v) is 2.83. The molecule has 0 atom stereocenters. The maximum atomic E-state index is 10.9. The van der Waals surface area contributed by atoms with Crippen LogP contribution in [-0.4, -0.2) is 28.8 Å². The zero-order valence-electron chi connectivity index (χ0n) is 8.62. The van der Waals surface area contributed by atoms with Crippen molar-refractivity contribution in [1.29, 1.82) is 0 Å². The van der Waals surface area contributed by atoms with E-state index in [9.17, 15) is 9.59 Å². The Morgan fingerprint density at radius 2 is 1.93 bits per heavy atom. The SMILES string of the molecule is CCCC[SiH2]OC(=O)C=CC(=O)OC. The lowest BCUT2D eigenvalue weighted by Gasteiger charge is -1.99. The molecule has 0 aromatic rings. The summed E-state index contributed by atoms with van der Waals surface area (Å²) in [5.74, 6) is -0.990. The van der Waals surface area contributed by atoms with Gasteiger partial charge in [-0.15, -0.1) is 0 Å². The summed E-state index contributed by atoms with van der Waals surface area (Å²) in [4.78, 5) is 21.5. The Balaban J connectivity index is 3.55. The van der Waals surface area contributed by atoms with Crippen molar-refractivity contribution in [3.8, 4) is 0 Å². The molecule has 0 fully saturated rings. The second kappa shape index (κ2) is 8.49. The van der Waals surface area contributed by atoms with Gasteiger partial charge in [0.15, 0.2) is 0 Å². The number of carbonyl (C=O) groups excluding carboxylic acids is 2. The van der Waals surface area contributed by atoms with Crippen LogP contribution in [0.3, 0.4) is 0 Å². The molecule has 0 heterocycles. The standard InChI is InChI=1S/C9H16O4Si/c1-3-4-7-14-13-9(11)6-5-8(10)12-2/h5-6H,3-4,7,14H2,1-2H3. The fourth-order valence-electron chi connectivity index (χ4n) is 0.777. The lowest BCUT2D eigenvalue weighted by atomic mass is 10.4. The van der Waals surface area contributed by atoms with E-state index in [2.05, 4.69) is 11.7 Å². The molecule has 0 rings (SSSR count). The molecule has 0 aromatic carbocycles. The third kappa shape index (κ3) is 7.54. The summed E-state index contributed by atoms with van der Waals surface area (Å²) in [7, 11) is 0.507. The van der Waals surface area contributed by atoms with Crippen molar-refractivity contribution in [3.63, 3.8) is 0 Å². The number of unbranched alkanes of at least 4 members (excludes halogenated alkanes) is 1. The molecule has 0 saturated heterocycles. The van der Waals surface area contributed by atoms with Gasteiger partial charge in [-0.05, 0) is 6.04 Å². The van der Waals surface area contributed by atoms with Crippen molar-refractivity contribution in [2.45, 2.75) is 25.8 Å². The molecule has 4 nitrogen and oxygen atoms in total. The Kier molecular flexibility index (Phi) is 7.82. The Hall–Kier alpha value is -1.10. The molecule has 0 radical (unpaired) electrons. The normalized spacial score (nSPS) is 11.0. The lowest BCUT2D eigenvalue weighted by Crippen LogP contribution is -2.06. The molecule has 0 unspecified atom stereocenters. The second-order valence-corrected chi connectivity index (χ2v) is 4.14. The van der Waals surface area contributed by atoms with E-state index in [1.807, 2.05) is 0 Å². The summed E-state index contributed by atoms with van der Waals surface area (Å²) in [5, 5.41) is 0. The van der Waals surface area contributed by atoms with Crippen LogP contribution < -0.4 is 0 Å². The van der Waals surface area contributed by atoms with Crippen LogP contribution in [0.2, 0.25) is 6.04 Å². The lowest BCUT2D eigenvalue weighted by molar-refractivity contribution is -0.135. The number of rotatable bonds is 6. The van der Waals surface area contributed by atoms with Crippen molar-refractivity contribution in [1.82, 2.24) is 0 Å². The Morgan fingerprint density at radius 1 is 1.29 bits per heavy atom. The van der Waals surface area contributed by atoms with E-state index in [4.69, 9.17) is 4.43 Å². The highest BCUT2D eigenvalue weighted by molar-refractivity contribution is 6.31. The van der Waals surface area contributed by atoms with Gasteiger partial charge in [-0.1, -0.05) is 19.8 Å². The van der Waals surface area contributed by atoms with E-state index >= 15 is 0 Å². The number of hydrogen-bond acceptors (Lipinski definition) is 4. The van der Waals surface area contributed by atoms with Gasteiger partial charge in [-0.2, -0.15) is 0 Å². The Labute approximate surface area is 86.2 Å². The molecule has 80 valence electrons. The number of carbonyl (C=O) groups is 2. The van der Waals surface area contributed by atoms with Gasteiger partial charge < -0.3 is 9.16 Å². The van der Waals surface area contributed by atoms with Gasteiger partial charge >= 0.3 is 11.9 Å². The van der Waals surface area contributed by atoms with Gasteiger partial charge in [-0.3, -0.25) is 0 Å². The summed E-state index contributed by atoms with van der Waals surface area (Å²) in [6.07, 6.45) is 4.38. The van der Waals surface area contributed by atoms with Gasteiger partial charge in [0.1, 0.15) is 0 Å². The van der Waals surface area contributed by atoms with Crippen LogP contribution in [0.4, 0.5) is 0 Å². The Bertz CT molecular complexity index is 213. The van der Waals surface area contributed by atoms with Gasteiger partial charge in [0.2, 0.25) is 9.76 Å². The highest BCUT2D eigenvalue weighted by Crippen LogP contribution is 1.94. The van der Waals surface area contributed by atoms with E-state index in [0.717, 1.165) is 31.0 Å². The summed E-state index contributed by atoms with van der Waals surface area (Å²) >= 11 is 0. The number of methoxy groups -OCH3 is 1. The third-order valence-electron chi connectivity index (χ3n) is 1.55. The smallest absolute Gasteiger partial charge is 0.330 e. The summed E-state index contributed by atoms with van der Waals surface area (Å²) < 4.78 is 9.27. The molecule has 14 heavy (non-hydrogen) atoms. The van der Waals surface area contributed by atoms with Crippen LogP contribution in [0.1, 0.15) is 19.8 Å². The van der Waals surface area contributed by atoms with Crippen LogP contribution in [0.5, 0.6) is 0 Å². The van der Waals surface area contributed by atoms with Crippen LogP contribution in [0.15, 0.2) is 12.2 Å². The molecule has 0 bridgehead atoms. The summed E-state index contributed by atoms with van der Waals surface area (Å²) in [6, 6.07) is 0.994. The minimum atomic E-state index is -0.751. The predicted molar refractivity (Wildman–Crippen MR) is 55.5 cm³/mol. The summed E-state index contributed by atoms with van der Waals surface area (Å²) in [6.45, 7) is 2.09. The first kappa shape index (κ1) is 12.9. The molecule has 0 saturated carbocycles. The van der Waals surface area contributed by atoms with E-state index in [0.29, 0.717) is 0 Å². The maximum absolute atomic E-state index is 10.9. The van der Waals surface area contributed by atoms with Gasteiger partial charge in [0.25, 0.3) is 0 Å². The number of hydrogen-bond donors (Lipinski definition) is 0. The Morgan fingerprint density at radius 3 is 2.50 bits per heavy atom. The average Bonchev–Trinajstić information content (AvgIpc) is 2.21. The molecule has 0 spiro atoms. The number of ether oxygens (including phenoxy) is 1. The molecule has 0 N–H and O–H groups in total. The van der Waals surface area contributed by atoms with E-state index in [-0.39, 0.29) is 0 Å². The minimum absolute atomic E-state index is 0.446. The number of esters is 1. The predicted octanol–water partition coefficient (Wildman–Crippen LogP) is 0.561. The van der Waals surface area contributed by atoms with Crippen LogP contribution in [-0.2, 0) is 18.8 Å². The topological polar surface area (TPSA) is 52.6 Å². The van der Waals surface area contributed by atoms with Crippen molar-refractivity contribution in [3.05, 3.63) is 12.2 Å². The van der Waals surface area contributed by atoms with Crippen LogP contribution in [0, 0.1) is 0 Å². The monoisotopic (exact) mass is 216 g/mol. The molecular weight excluding hydrogens is 200 g/mol. The molecule has 0 amide bonds. The van der Waals surface area contributed by atoms with E-state index < -0.39 is 21.7 Å². The van der Waals surface area contributed by atoms with Gasteiger partial charge in [0.05, 0.1) is 7.11 Å². The first-order valence-electron chi connectivity index (χ1n) is 4.63. The fraction of sp³-hybridized carbons (Fsp3) is 0.556. The zero-order valence-corrected chi connectivity index (χ0v) is 10.0. The van der Waals surface area contributed by atoms with Gasteiger partial charge in [-0.25, -0.2) is 9.59 Å². The largest absolute Gasteiger partial charge is 0.522 e. The van der Waals surface area contributed by atoms with Crippen LogP contribution >= 0.6 is 0 Å². The van der Waals surface area contributed by atoms with Crippen molar-refractivity contribution in [2.24, 2.45) is 0 Å². The first-order chi connectivity index (χ1) is 6.70. The second-order valence-electron chi connectivity index (χ2n) is 2.73. The van der Waals surface area contributed by atoms with E-state index in [1.165, 1.54) is 7.11 Å².